The second kappa shape index (κ2) is 8.67. The summed E-state index contributed by atoms with van der Waals surface area (Å²) in [6.07, 6.45) is 4.19. The van der Waals surface area contributed by atoms with Crippen molar-refractivity contribution in [3.63, 3.8) is 0 Å². The maximum atomic E-state index is 12.7. The fourth-order valence-corrected chi connectivity index (χ4v) is 4.36. The molecule has 26 heavy (non-hydrogen) atoms. The normalized spacial score (nSPS) is 23.8. The van der Waals surface area contributed by atoms with Gasteiger partial charge in [0.15, 0.2) is 0 Å². The Bertz CT molecular complexity index is 605. The van der Waals surface area contributed by atoms with E-state index in [0.717, 1.165) is 39.1 Å². The Hall–Kier alpha value is -1.88. The summed E-state index contributed by atoms with van der Waals surface area (Å²) in [6, 6.07) is 10.5. The van der Waals surface area contributed by atoms with E-state index in [4.69, 9.17) is 5.73 Å². The molecule has 3 rings (SSSR count). The van der Waals surface area contributed by atoms with Gasteiger partial charge in [-0.15, -0.1) is 0 Å². The quantitative estimate of drug-likeness (QED) is 0.774. The molecule has 2 aliphatic heterocycles. The van der Waals surface area contributed by atoms with Gasteiger partial charge in [-0.05, 0) is 43.2 Å². The molecule has 2 heterocycles. The summed E-state index contributed by atoms with van der Waals surface area (Å²) in [5.74, 6) is 0.626. The van der Waals surface area contributed by atoms with Crippen molar-refractivity contribution < 1.29 is 9.59 Å². The number of benzene rings is 1. The first-order valence-corrected chi connectivity index (χ1v) is 9.74. The largest absolute Gasteiger partial charge is 0.370 e. The Labute approximate surface area is 156 Å². The molecule has 3 atom stereocenters. The smallest absolute Gasteiger partial charge is 0.226 e. The second-order valence-electron chi connectivity index (χ2n) is 7.70. The molecule has 1 aromatic carbocycles. The summed E-state index contributed by atoms with van der Waals surface area (Å²) in [7, 11) is 0. The number of fused-ring (bicyclic) bond motifs is 1. The van der Waals surface area contributed by atoms with Crippen molar-refractivity contribution >= 4 is 11.8 Å². The first-order valence-electron chi connectivity index (χ1n) is 9.74. The molecule has 5 heteroatoms. The summed E-state index contributed by atoms with van der Waals surface area (Å²) in [6.45, 7) is 6.84. The number of hydrogen-bond acceptors (Lipinski definition) is 3. The van der Waals surface area contributed by atoms with Crippen molar-refractivity contribution in [3.8, 4) is 0 Å². The highest BCUT2D eigenvalue weighted by Crippen LogP contribution is 2.32. The zero-order valence-corrected chi connectivity index (χ0v) is 15.6. The molecule has 1 aromatic rings. The monoisotopic (exact) mass is 356 g/mol. The molecule has 2 unspecified atom stereocenters. The Balaban J connectivity index is 1.42. The van der Waals surface area contributed by atoms with Gasteiger partial charge in [-0.1, -0.05) is 37.3 Å². The van der Waals surface area contributed by atoms with E-state index in [1.54, 1.807) is 0 Å². The lowest BCUT2D eigenvalue weighted by atomic mass is 10.0. The minimum atomic E-state index is -0.384. The molecular formula is C21H30N3O2. The zero-order chi connectivity index (χ0) is 18.5. The van der Waals surface area contributed by atoms with Crippen LogP contribution < -0.4 is 5.73 Å². The molecule has 2 aliphatic rings. The van der Waals surface area contributed by atoms with Crippen LogP contribution in [0.1, 0.15) is 31.7 Å². The number of rotatable bonds is 8. The highest BCUT2D eigenvalue weighted by Gasteiger charge is 2.42. The van der Waals surface area contributed by atoms with Crippen LogP contribution in [0, 0.1) is 24.2 Å². The van der Waals surface area contributed by atoms with Gasteiger partial charge in [0.25, 0.3) is 0 Å². The van der Waals surface area contributed by atoms with Gasteiger partial charge in [-0.2, -0.15) is 0 Å². The lowest BCUT2D eigenvalue weighted by molar-refractivity contribution is -0.137. The van der Waals surface area contributed by atoms with E-state index >= 15 is 0 Å². The van der Waals surface area contributed by atoms with Gasteiger partial charge in [0.05, 0.1) is 0 Å². The van der Waals surface area contributed by atoms with Crippen LogP contribution >= 0.6 is 0 Å². The van der Waals surface area contributed by atoms with Crippen molar-refractivity contribution in [1.82, 2.24) is 9.80 Å². The van der Waals surface area contributed by atoms with Crippen LogP contribution in [0.15, 0.2) is 30.3 Å². The number of hydrogen-bond donors (Lipinski definition) is 1. The van der Waals surface area contributed by atoms with Gasteiger partial charge >= 0.3 is 0 Å². The van der Waals surface area contributed by atoms with Crippen molar-refractivity contribution in [2.45, 2.75) is 26.2 Å². The molecule has 0 spiro atoms. The third-order valence-corrected chi connectivity index (χ3v) is 5.79. The molecule has 0 bridgehead atoms. The summed E-state index contributed by atoms with van der Waals surface area (Å²) in [5, 5.41) is 0. The highest BCUT2D eigenvalue weighted by atomic mass is 16.2. The lowest BCUT2D eigenvalue weighted by Crippen LogP contribution is -2.38. The molecule has 0 aliphatic carbocycles. The first-order chi connectivity index (χ1) is 12.6. The summed E-state index contributed by atoms with van der Waals surface area (Å²) >= 11 is 0. The fourth-order valence-electron chi connectivity index (χ4n) is 4.36. The minimum Gasteiger partial charge on any atom is -0.370 e. The topological polar surface area (TPSA) is 66.6 Å². The molecule has 1 radical (unpaired) electrons. The van der Waals surface area contributed by atoms with Gasteiger partial charge in [0.2, 0.25) is 11.8 Å². The lowest BCUT2D eigenvalue weighted by Gasteiger charge is -2.24. The predicted molar refractivity (Wildman–Crippen MR) is 102 cm³/mol. The van der Waals surface area contributed by atoms with Crippen molar-refractivity contribution in [2.24, 2.45) is 23.5 Å². The Morgan fingerprint density at radius 2 is 1.81 bits per heavy atom. The summed E-state index contributed by atoms with van der Waals surface area (Å²) < 4.78 is 0. The standard InChI is InChI=1S/C21H30N3O2/c1-2-17(11-20(22)25)21(26)24-14-18-12-23(13-19(18)15-24)10-6-9-16-7-4-3-5-8-16/h3-5,7-9,17-19H,2,6,10-15H2,1H3,(H2,22,25)/t17?,18-,19?/m0/s1. The average molecular weight is 356 g/mol. The van der Waals surface area contributed by atoms with E-state index in [-0.39, 0.29) is 24.2 Å². The van der Waals surface area contributed by atoms with Gasteiger partial charge in [0, 0.05) is 38.5 Å². The van der Waals surface area contributed by atoms with E-state index < -0.39 is 0 Å². The molecule has 2 amide bonds. The van der Waals surface area contributed by atoms with Crippen LogP contribution in [0.25, 0.3) is 0 Å². The van der Waals surface area contributed by atoms with Crippen molar-refractivity contribution in [1.29, 1.82) is 0 Å². The van der Waals surface area contributed by atoms with E-state index in [2.05, 4.69) is 35.6 Å². The fraction of sp³-hybridized carbons (Fsp3) is 0.571. The third kappa shape index (κ3) is 4.64. The van der Waals surface area contributed by atoms with Gasteiger partial charge in [0.1, 0.15) is 0 Å². The van der Waals surface area contributed by atoms with Gasteiger partial charge in [-0.3, -0.25) is 9.59 Å². The Morgan fingerprint density at radius 3 is 2.38 bits per heavy atom. The number of nitrogens with two attached hydrogens (primary N) is 1. The maximum absolute atomic E-state index is 12.7. The van der Waals surface area contributed by atoms with Crippen LogP contribution in [0.4, 0.5) is 0 Å². The first kappa shape index (κ1) is 18.9. The molecule has 2 N–H and O–H groups in total. The average Bonchev–Trinajstić information content (AvgIpc) is 3.18. The number of amides is 2. The zero-order valence-electron chi connectivity index (χ0n) is 15.6. The number of carbonyl (C=O) groups is 2. The van der Waals surface area contributed by atoms with Crippen LogP contribution in [0.2, 0.25) is 0 Å². The van der Waals surface area contributed by atoms with E-state index in [0.29, 0.717) is 18.3 Å². The SMILES string of the molecule is CCC(CC(N)=O)C(=O)N1CC2CN(CC[CH]c3ccccc3)C[C@H]2C1. The van der Waals surface area contributed by atoms with Crippen LogP contribution in [-0.4, -0.2) is 54.3 Å². The van der Waals surface area contributed by atoms with Crippen LogP contribution in [-0.2, 0) is 9.59 Å². The molecule has 0 saturated carbocycles. The van der Waals surface area contributed by atoms with Gasteiger partial charge < -0.3 is 15.5 Å². The number of likely N-dealkylation sites (tertiary alicyclic amines) is 2. The number of primary amides is 1. The molecule has 2 fully saturated rings. The highest BCUT2D eigenvalue weighted by molar-refractivity contribution is 5.85. The van der Waals surface area contributed by atoms with E-state index in [1.807, 2.05) is 17.9 Å². The van der Waals surface area contributed by atoms with Crippen LogP contribution in [0.5, 0.6) is 0 Å². The van der Waals surface area contributed by atoms with Crippen LogP contribution in [0.3, 0.4) is 0 Å². The minimum absolute atomic E-state index is 0.115. The maximum Gasteiger partial charge on any atom is 0.226 e. The Kier molecular flexibility index (Phi) is 6.30. The molecule has 0 aromatic heterocycles. The molecule has 2 saturated heterocycles. The van der Waals surface area contributed by atoms with Crippen molar-refractivity contribution in [2.75, 3.05) is 32.7 Å². The summed E-state index contributed by atoms with van der Waals surface area (Å²) in [5.41, 5.74) is 6.57. The second-order valence-corrected chi connectivity index (χ2v) is 7.70. The number of nitrogens with zero attached hydrogens (tertiary/aromatic N) is 2. The van der Waals surface area contributed by atoms with E-state index in [9.17, 15) is 9.59 Å². The summed E-state index contributed by atoms with van der Waals surface area (Å²) in [4.78, 5) is 28.3. The molecular weight excluding hydrogens is 326 g/mol. The third-order valence-electron chi connectivity index (χ3n) is 5.79. The Morgan fingerprint density at radius 1 is 1.15 bits per heavy atom. The van der Waals surface area contributed by atoms with E-state index in [1.165, 1.54) is 5.56 Å². The van der Waals surface area contributed by atoms with Gasteiger partial charge in [-0.25, -0.2) is 0 Å². The molecule has 5 nitrogen and oxygen atoms in total. The molecule has 141 valence electrons. The predicted octanol–water partition coefficient (Wildman–Crippen LogP) is 1.92. The van der Waals surface area contributed by atoms with Crippen molar-refractivity contribution in [3.05, 3.63) is 42.3 Å². The number of carbonyl (C=O) groups excluding carboxylic acids is 2.